The molecular formula is C7H5N4O. The van der Waals surface area contributed by atoms with Gasteiger partial charge in [0.2, 0.25) is 0 Å². The fourth-order valence-electron chi connectivity index (χ4n) is 1.00. The molecule has 12 heavy (non-hydrogen) atoms. The van der Waals surface area contributed by atoms with Gasteiger partial charge in [0.05, 0.1) is 11.1 Å². The molecule has 0 saturated heterocycles. The first-order valence-electron chi connectivity index (χ1n) is 3.30. The number of H-pyrrole nitrogens is 1. The number of benzene rings is 1. The minimum atomic E-state index is -0.547. The Hall–Kier alpha value is -1.91. The molecule has 59 valence electrons. The molecule has 3 N–H and O–H groups in total. The molecule has 1 aromatic carbocycles. The van der Waals surface area contributed by atoms with E-state index in [1.165, 1.54) is 0 Å². The molecule has 2 rings (SSSR count). The monoisotopic (exact) mass is 161 g/mol. The van der Waals surface area contributed by atoms with E-state index in [9.17, 15) is 4.79 Å². The van der Waals surface area contributed by atoms with E-state index in [1.807, 2.05) is 0 Å². The molecule has 1 heterocycles. The van der Waals surface area contributed by atoms with Crippen LogP contribution in [0.4, 0.5) is 0 Å². The zero-order valence-corrected chi connectivity index (χ0v) is 6.03. The van der Waals surface area contributed by atoms with Gasteiger partial charge in [-0.15, -0.1) is 5.10 Å². The van der Waals surface area contributed by atoms with Crippen molar-refractivity contribution in [1.82, 2.24) is 15.4 Å². The predicted molar refractivity (Wildman–Crippen MR) is 41.2 cm³/mol. The lowest BCUT2D eigenvalue weighted by Gasteiger charge is -1.92. The van der Waals surface area contributed by atoms with Gasteiger partial charge < -0.3 is 5.73 Å². The molecule has 0 atom stereocenters. The third-order valence-corrected chi connectivity index (χ3v) is 1.54. The van der Waals surface area contributed by atoms with Crippen LogP contribution < -0.4 is 5.73 Å². The number of rotatable bonds is 1. The molecule has 0 aliphatic rings. The van der Waals surface area contributed by atoms with Crippen LogP contribution in [-0.4, -0.2) is 21.3 Å². The Bertz CT molecular complexity index is 434. The zero-order chi connectivity index (χ0) is 8.55. The van der Waals surface area contributed by atoms with Gasteiger partial charge in [0.15, 0.2) is 0 Å². The maximum atomic E-state index is 10.8. The van der Waals surface area contributed by atoms with Gasteiger partial charge in [-0.2, -0.15) is 0 Å². The summed E-state index contributed by atoms with van der Waals surface area (Å²) in [6.45, 7) is 0. The number of nitrogens with zero attached hydrogens (tertiary/aromatic N) is 2. The number of nitrogens with one attached hydrogen (secondary N) is 1. The molecule has 2 aromatic rings. The molecule has 1 radical (unpaired) electrons. The molecule has 0 fully saturated rings. The summed E-state index contributed by atoms with van der Waals surface area (Å²) in [6, 6.07) is 6.02. The number of carbonyl (C=O) groups is 1. The number of carbonyl (C=O) groups excluding carboxylic acids is 1. The van der Waals surface area contributed by atoms with Crippen LogP contribution in [0.2, 0.25) is 0 Å². The number of aromatic amines is 1. The molecule has 1 aromatic heterocycles. The minimum absolute atomic E-state index is 0.265. The molecule has 0 unspecified atom stereocenters. The Balaban J connectivity index is 2.82. The van der Waals surface area contributed by atoms with Gasteiger partial charge in [-0.05, 0) is 12.1 Å². The quantitative estimate of drug-likeness (QED) is 0.610. The fraction of sp³-hybridized carbons (Fsp3) is 0. The Morgan fingerprint density at radius 3 is 3.25 bits per heavy atom. The van der Waals surface area contributed by atoms with Crippen LogP contribution in [0.5, 0.6) is 0 Å². The van der Waals surface area contributed by atoms with Gasteiger partial charge in [-0.25, -0.2) is 0 Å². The molecule has 5 nitrogen and oxygen atoms in total. The Labute approximate surface area is 67.6 Å². The Morgan fingerprint density at radius 2 is 2.50 bits per heavy atom. The second-order valence-electron chi connectivity index (χ2n) is 2.29. The largest absolute Gasteiger partial charge is 0.366 e. The summed E-state index contributed by atoms with van der Waals surface area (Å²) in [7, 11) is 0. The van der Waals surface area contributed by atoms with E-state index in [2.05, 4.69) is 21.5 Å². The highest BCUT2D eigenvalue weighted by atomic mass is 16.1. The summed E-state index contributed by atoms with van der Waals surface area (Å²) >= 11 is 0. The molecule has 0 spiro atoms. The highest BCUT2D eigenvalue weighted by Crippen LogP contribution is 2.11. The van der Waals surface area contributed by atoms with E-state index < -0.39 is 5.91 Å². The van der Waals surface area contributed by atoms with E-state index in [4.69, 9.17) is 5.73 Å². The average Bonchev–Trinajstić information content (AvgIpc) is 2.49. The van der Waals surface area contributed by atoms with E-state index in [1.54, 1.807) is 12.1 Å². The smallest absolute Gasteiger partial charge is 0.251 e. The topological polar surface area (TPSA) is 84.7 Å². The van der Waals surface area contributed by atoms with Crippen LogP contribution in [0, 0.1) is 6.07 Å². The van der Waals surface area contributed by atoms with Crippen molar-refractivity contribution in [2.24, 2.45) is 5.73 Å². The number of hydrogen-bond acceptors (Lipinski definition) is 3. The summed E-state index contributed by atoms with van der Waals surface area (Å²) in [6.07, 6.45) is 0. The van der Waals surface area contributed by atoms with Gasteiger partial charge in [0.1, 0.15) is 5.52 Å². The summed E-state index contributed by atoms with van der Waals surface area (Å²) in [4.78, 5) is 10.8. The van der Waals surface area contributed by atoms with E-state index in [-0.39, 0.29) is 5.56 Å². The summed E-state index contributed by atoms with van der Waals surface area (Å²) in [5, 5.41) is 9.87. The van der Waals surface area contributed by atoms with Gasteiger partial charge in [-0.1, -0.05) is 11.3 Å². The first kappa shape index (κ1) is 6.78. The molecule has 0 bridgehead atoms. The average molecular weight is 161 g/mol. The lowest BCUT2D eigenvalue weighted by atomic mass is 10.2. The maximum Gasteiger partial charge on any atom is 0.251 e. The molecule has 0 aliphatic carbocycles. The van der Waals surface area contributed by atoms with Crippen molar-refractivity contribution in [3.8, 4) is 0 Å². The van der Waals surface area contributed by atoms with Gasteiger partial charge in [0.25, 0.3) is 5.91 Å². The summed E-state index contributed by atoms with van der Waals surface area (Å²) in [5.74, 6) is -0.547. The first-order chi connectivity index (χ1) is 5.79. The standard InChI is InChI=1S/C7H5N4O/c8-7(12)4-2-1-3-5-6(4)10-11-9-5/h1,3H,(H2,8,12)(H,9,10,11). The molecule has 5 heteroatoms. The van der Waals surface area contributed by atoms with Crippen LogP contribution in [0.15, 0.2) is 12.1 Å². The van der Waals surface area contributed by atoms with E-state index in [0.29, 0.717) is 11.0 Å². The molecule has 0 aliphatic heterocycles. The maximum absolute atomic E-state index is 10.8. The number of amides is 1. The number of nitrogens with two attached hydrogens (primary N) is 1. The van der Waals surface area contributed by atoms with Crippen LogP contribution in [0.25, 0.3) is 11.0 Å². The second kappa shape index (κ2) is 2.30. The van der Waals surface area contributed by atoms with Crippen molar-refractivity contribution in [3.05, 3.63) is 23.8 Å². The summed E-state index contributed by atoms with van der Waals surface area (Å²) in [5.41, 5.74) is 6.50. The highest BCUT2D eigenvalue weighted by molar-refractivity contribution is 6.03. The van der Waals surface area contributed by atoms with Crippen LogP contribution in [0.1, 0.15) is 10.4 Å². The number of aromatic nitrogens is 3. The van der Waals surface area contributed by atoms with Crippen molar-refractivity contribution in [2.45, 2.75) is 0 Å². The van der Waals surface area contributed by atoms with Crippen LogP contribution in [-0.2, 0) is 0 Å². The number of fused-ring (bicyclic) bond motifs is 1. The van der Waals surface area contributed by atoms with Gasteiger partial charge in [0, 0.05) is 0 Å². The molecule has 0 saturated carbocycles. The third-order valence-electron chi connectivity index (χ3n) is 1.54. The van der Waals surface area contributed by atoms with Crippen molar-refractivity contribution in [2.75, 3.05) is 0 Å². The molecular weight excluding hydrogens is 156 g/mol. The van der Waals surface area contributed by atoms with Crippen molar-refractivity contribution in [1.29, 1.82) is 0 Å². The SMILES string of the molecule is NC(=O)c1[c]ccc2[nH]nnc12. The fourth-order valence-corrected chi connectivity index (χ4v) is 1.00. The Morgan fingerprint density at radius 1 is 1.67 bits per heavy atom. The van der Waals surface area contributed by atoms with Crippen molar-refractivity contribution in [3.63, 3.8) is 0 Å². The van der Waals surface area contributed by atoms with E-state index >= 15 is 0 Å². The number of hydrogen-bond donors (Lipinski definition) is 2. The normalized spacial score (nSPS) is 10.3. The van der Waals surface area contributed by atoms with Crippen molar-refractivity contribution >= 4 is 16.9 Å². The second-order valence-corrected chi connectivity index (χ2v) is 2.29. The Kier molecular flexibility index (Phi) is 1.30. The highest BCUT2D eigenvalue weighted by Gasteiger charge is 2.08. The van der Waals surface area contributed by atoms with Gasteiger partial charge >= 0.3 is 0 Å². The number of primary amides is 1. The van der Waals surface area contributed by atoms with Crippen LogP contribution >= 0.6 is 0 Å². The first-order valence-corrected chi connectivity index (χ1v) is 3.30. The third kappa shape index (κ3) is 0.833. The van der Waals surface area contributed by atoms with Crippen LogP contribution in [0.3, 0.4) is 0 Å². The molecule has 1 amide bonds. The van der Waals surface area contributed by atoms with E-state index in [0.717, 1.165) is 0 Å². The lowest BCUT2D eigenvalue weighted by Crippen LogP contribution is -2.11. The predicted octanol–water partition coefficient (Wildman–Crippen LogP) is -0.143. The minimum Gasteiger partial charge on any atom is -0.366 e. The van der Waals surface area contributed by atoms with Crippen molar-refractivity contribution < 1.29 is 4.79 Å². The lowest BCUT2D eigenvalue weighted by molar-refractivity contribution is 0.100. The summed E-state index contributed by atoms with van der Waals surface area (Å²) < 4.78 is 0. The zero-order valence-electron chi connectivity index (χ0n) is 6.03. The van der Waals surface area contributed by atoms with Gasteiger partial charge in [-0.3, -0.25) is 9.89 Å².